The Labute approximate surface area is 154 Å². The number of nitrogens with zero attached hydrogens (tertiary/aromatic N) is 2. The van der Waals surface area contributed by atoms with Crippen LogP contribution < -0.4 is 5.56 Å². The zero-order chi connectivity index (χ0) is 18.8. The third-order valence-electron chi connectivity index (χ3n) is 5.34. The minimum absolute atomic E-state index is 0.0280. The molecule has 0 radical (unpaired) electrons. The fraction of sp³-hybridized carbons (Fsp3) is 0.190. The van der Waals surface area contributed by atoms with Crippen molar-refractivity contribution in [1.82, 2.24) is 9.55 Å². The van der Waals surface area contributed by atoms with Gasteiger partial charge < -0.3 is 14.4 Å². The first kappa shape index (κ1) is 16.0. The molecule has 4 heterocycles. The molecule has 6 nitrogen and oxygen atoms in total. The molecule has 6 heteroatoms. The van der Waals surface area contributed by atoms with E-state index in [-0.39, 0.29) is 24.2 Å². The van der Waals surface area contributed by atoms with Gasteiger partial charge in [0, 0.05) is 22.9 Å². The Bertz CT molecular complexity index is 1210. The molecule has 2 aliphatic rings. The average Bonchev–Trinajstić information content (AvgIpc) is 3.02. The number of aromatic nitrogens is 2. The molecule has 27 heavy (non-hydrogen) atoms. The van der Waals surface area contributed by atoms with Crippen LogP contribution in [0.25, 0.3) is 22.3 Å². The lowest BCUT2D eigenvalue weighted by molar-refractivity contribution is -0.171. The summed E-state index contributed by atoms with van der Waals surface area (Å²) in [4.78, 5) is 30.1. The maximum absolute atomic E-state index is 13.1. The lowest BCUT2D eigenvalue weighted by Gasteiger charge is -2.31. The molecule has 5 rings (SSSR count). The third kappa shape index (κ3) is 2.07. The Morgan fingerprint density at radius 2 is 2.11 bits per heavy atom. The van der Waals surface area contributed by atoms with Gasteiger partial charge in [0.25, 0.3) is 5.56 Å². The van der Waals surface area contributed by atoms with E-state index < -0.39 is 11.6 Å². The number of hydrogen-bond donors (Lipinski definition) is 1. The minimum Gasteiger partial charge on any atom is -0.458 e. The first-order valence-corrected chi connectivity index (χ1v) is 8.69. The van der Waals surface area contributed by atoms with Gasteiger partial charge in [-0.15, -0.1) is 6.58 Å². The highest BCUT2D eigenvalue weighted by atomic mass is 16.6. The summed E-state index contributed by atoms with van der Waals surface area (Å²) in [6.45, 7) is 3.87. The van der Waals surface area contributed by atoms with Gasteiger partial charge >= 0.3 is 5.97 Å². The summed E-state index contributed by atoms with van der Waals surface area (Å²) in [6.07, 6.45) is 1.42. The van der Waals surface area contributed by atoms with Crippen molar-refractivity contribution in [3.8, 4) is 11.4 Å². The number of fused-ring (bicyclic) bond motifs is 5. The Balaban J connectivity index is 1.80. The standard InChI is InChI=1S/C21H16N2O4/c1-2-7-21(26)15-9-17-18-13(8-12-5-3-4-6-16(12)22-18)10-23(17)19(24)14(15)11-27-20(21)25/h2-6,8-9,26H,1,7,10-11H2. The van der Waals surface area contributed by atoms with Crippen LogP contribution in [0.15, 0.2) is 53.8 Å². The van der Waals surface area contributed by atoms with Crippen molar-refractivity contribution in [3.63, 3.8) is 0 Å². The second kappa shape index (κ2) is 5.37. The highest BCUT2D eigenvalue weighted by molar-refractivity contribution is 5.86. The summed E-state index contributed by atoms with van der Waals surface area (Å²) in [5.74, 6) is -0.760. The summed E-state index contributed by atoms with van der Waals surface area (Å²) in [7, 11) is 0. The summed E-state index contributed by atoms with van der Waals surface area (Å²) < 4.78 is 6.72. The van der Waals surface area contributed by atoms with Crippen molar-refractivity contribution in [1.29, 1.82) is 0 Å². The van der Waals surface area contributed by atoms with Gasteiger partial charge in [-0.3, -0.25) is 4.79 Å². The SMILES string of the molecule is C=CCC1(O)C(=O)OCc2c1cc1n(c2=O)Cc2cc3ccccc3nc2-1. The molecule has 2 aromatic heterocycles. The van der Waals surface area contributed by atoms with E-state index in [1.807, 2.05) is 30.3 Å². The number of ether oxygens (including phenoxy) is 1. The number of carbonyl (C=O) groups excluding carboxylic acids is 1. The van der Waals surface area contributed by atoms with E-state index in [1.165, 1.54) is 6.08 Å². The zero-order valence-corrected chi connectivity index (χ0v) is 14.4. The number of benzene rings is 1. The van der Waals surface area contributed by atoms with Crippen molar-refractivity contribution < 1.29 is 14.6 Å². The second-order valence-corrected chi connectivity index (χ2v) is 6.93. The normalized spacial score (nSPS) is 20.0. The maximum atomic E-state index is 13.1. The van der Waals surface area contributed by atoms with Gasteiger partial charge in [0.1, 0.15) is 6.61 Å². The minimum atomic E-state index is -1.90. The van der Waals surface area contributed by atoms with E-state index in [1.54, 1.807) is 10.6 Å². The van der Waals surface area contributed by atoms with E-state index in [2.05, 4.69) is 6.58 Å². The van der Waals surface area contributed by atoms with Crippen LogP contribution in [0.2, 0.25) is 0 Å². The predicted octanol–water partition coefficient (Wildman–Crippen LogP) is 2.25. The van der Waals surface area contributed by atoms with Gasteiger partial charge in [0.2, 0.25) is 0 Å². The van der Waals surface area contributed by atoms with Gasteiger partial charge in [-0.2, -0.15) is 0 Å². The molecule has 1 atom stereocenters. The fourth-order valence-corrected chi connectivity index (χ4v) is 3.99. The van der Waals surface area contributed by atoms with Gasteiger partial charge in [0.05, 0.1) is 29.0 Å². The van der Waals surface area contributed by atoms with Crippen LogP contribution in [-0.2, 0) is 28.3 Å². The highest BCUT2D eigenvalue weighted by Crippen LogP contribution is 2.38. The number of para-hydroxylation sites is 1. The number of hydrogen-bond acceptors (Lipinski definition) is 5. The summed E-state index contributed by atoms with van der Waals surface area (Å²) >= 11 is 0. The summed E-state index contributed by atoms with van der Waals surface area (Å²) in [5.41, 5.74) is 1.51. The first-order chi connectivity index (χ1) is 13.0. The van der Waals surface area contributed by atoms with Crippen molar-refractivity contribution >= 4 is 16.9 Å². The molecule has 134 valence electrons. The molecule has 3 aromatic rings. The molecule has 0 saturated heterocycles. The third-order valence-corrected chi connectivity index (χ3v) is 5.34. The molecule has 0 aliphatic carbocycles. The largest absolute Gasteiger partial charge is 0.458 e. The van der Waals surface area contributed by atoms with Crippen LogP contribution in [0.3, 0.4) is 0 Å². The van der Waals surface area contributed by atoms with Crippen molar-refractivity contribution in [3.05, 3.63) is 76.1 Å². The van der Waals surface area contributed by atoms with Crippen molar-refractivity contribution in [2.24, 2.45) is 0 Å². The van der Waals surface area contributed by atoms with Crippen LogP contribution >= 0.6 is 0 Å². The summed E-state index contributed by atoms with van der Waals surface area (Å²) in [5, 5.41) is 12.0. The van der Waals surface area contributed by atoms with Crippen molar-refractivity contribution in [2.45, 2.75) is 25.2 Å². The van der Waals surface area contributed by atoms with Gasteiger partial charge in [0.15, 0.2) is 5.60 Å². The number of cyclic esters (lactones) is 1. The van der Waals surface area contributed by atoms with Gasteiger partial charge in [-0.05, 0) is 18.2 Å². The molecule has 0 amide bonds. The smallest absolute Gasteiger partial charge is 0.343 e. The molecule has 0 spiro atoms. The van der Waals surface area contributed by atoms with Crippen LogP contribution in [0.4, 0.5) is 0 Å². The van der Waals surface area contributed by atoms with Crippen LogP contribution in [-0.4, -0.2) is 20.6 Å². The van der Waals surface area contributed by atoms with E-state index in [0.717, 1.165) is 16.5 Å². The zero-order valence-electron chi connectivity index (χ0n) is 14.4. The van der Waals surface area contributed by atoms with Crippen molar-refractivity contribution in [2.75, 3.05) is 0 Å². The highest BCUT2D eigenvalue weighted by Gasteiger charge is 2.45. The van der Waals surface area contributed by atoms with E-state index >= 15 is 0 Å². The number of rotatable bonds is 2. The maximum Gasteiger partial charge on any atom is 0.343 e. The number of carbonyl (C=O) groups is 1. The molecule has 1 aromatic carbocycles. The predicted molar refractivity (Wildman–Crippen MR) is 99.0 cm³/mol. The molecule has 0 fully saturated rings. The Morgan fingerprint density at radius 3 is 2.93 bits per heavy atom. The molecule has 2 aliphatic heterocycles. The van der Waals surface area contributed by atoms with E-state index in [0.29, 0.717) is 23.5 Å². The Morgan fingerprint density at radius 1 is 1.30 bits per heavy atom. The molecule has 1 unspecified atom stereocenters. The lowest BCUT2D eigenvalue weighted by Crippen LogP contribution is -2.44. The number of aliphatic hydroxyl groups is 1. The summed E-state index contributed by atoms with van der Waals surface area (Å²) in [6, 6.07) is 11.5. The molecule has 1 N–H and O–H groups in total. The Kier molecular flexibility index (Phi) is 3.18. The topological polar surface area (TPSA) is 81.4 Å². The molecular weight excluding hydrogens is 344 g/mol. The number of esters is 1. The second-order valence-electron chi connectivity index (χ2n) is 6.93. The van der Waals surface area contributed by atoms with E-state index in [4.69, 9.17) is 9.72 Å². The van der Waals surface area contributed by atoms with Crippen LogP contribution in [0.1, 0.15) is 23.1 Å². The molecule has 0 bridgehead atoms. The molecular formula is C21H16N2O4. The van der Waals surface area contributed by atoms with E-state index in [9.17, 15) is 14.7 Å². The monoisotopic (exact) mass is 360 g/mol. The van der Waals surface area contributed by atoms with Gasteiger partial charge in [-0.25, -0.2) is 9.78 Å². The lowest BCUT2D eigenvalue weighted by atomic mass is 9.85. The Hall–Kier alpha value is -3.25. The van der Waals surface area contributed by atoms with Crippen LogP contribution in [0, 0.1) is 0 Å². The van der Waals surface area contributed by atoms with Crippen LogP contribution in [0.5, 0.6) is 0 Å². The average molecular weight is 360 g/mol. The quantitative estimate of drug-likeness (QED) is 0.438. The van der Waals surface area contributed by atoms with Gasteiger partial charge in [-0.1, -0.05) is 24.3 Å². The number of pyridine rings is 2. The first-order valence-electron chi connectivity index (χ1n) is 8.69. The molecule has 0 saturated carbocycles. The fourth-order valence-electron chi connectivity index (χ4n) is 3.99.